The number of hydrogen-bond acceptors (Lipinski definition) is 4. The Morgan fingerprint density at radius 3 is 2.50 bits per heavy atom. The molecule has 32 heavy (non-hydrogen) atoms. The first-order valence-electron chi connectivity index (χ1n) is 9.87. The van der Waals surface area contributed by atoms with Crippen molar-refractivity contribution in [2.45, 2.75) is 32.4 Å². The Balaban J connectivity index is 1.84. The predicted molar refractivity (Wildman–Crippen MR) is 109 cm³/mol. The smallest absolute Gasteiger partial charge is 0.397 e. The number of nitrogens with two attached hydrogens (primary N) is 1. The van der Waals surface area contributed by atoms with Gasteiger partial charge in [0.05, 0.1) is 22.3 Å². The second kappa shape index (κ2) is 7.58. The molecule has 4 rings (SSSR count). The van der Waals surface area contributed by atoms with Crippen molar-refractivity contribution in [1.82, 2.24) is 4.57 Å². The van der Waals surface area contributed by atoms with Gasteiger partial charge < -0.3 is 5.73 Å². The lowest BCUT2D eigenvalue weighted by Gasteiger charge is -2.14. The van der Waals surface area contributed by atoms with Gasteiger partial charge in [-0.15, -0.1) is 0 Å². The van der Waals surface area contributed by atoms with E-state index in [1.165, 1.54) is 25.1 Å². The fourth-order valence-electron chi connectivity index (χ4n) is 4.22. The summed E-state index contributed by atoms with van der Waals surface area (Å²) in [6.45, 7) is 1.43. The molecule has 3 aromatic rings. The molecule has 1 aromatic heterocycles. The maximum absolute atomic E-state index is 14.4. The van der Waals surface area contributed by atoms with Gasteiger partial charge in [-0.1, -0.05) is 6.07 Å². The van der Waals surface area contributed by atoms with Gasteiger partial charge in [0.25, 0.3) is 5.91 Å². The van der Waals surface area contributed by atoms with Crippen LogP contribution in [0.15, 0.2) is 36.4 Å². The highest BCUT2D eigenvalue weighted by Crippen LogP contribution is 2.36. The van der Waals surface area contributed by atoms with Gasteiger partial charge in [-0.25, -0.2) is 4.39 Å². The minimum Gasteiger partial charge on any atom is -0.397 e. The normalized spacial score (nSPS) is 16.7. The Morgan fingerprint density at radius 2 is 1.88 bits per heavy atom. The van der Waals surface area contributed by atoms with E-state index in [2.05, 4.69) is 0 Å². The van der Waals surface area contributed by atoms with Crippen LogP contribution in [0.2, 0.25) is 0 Å². The van der Waals surface area contributed by atoms with Crippen LogP contribution in [0, 0.1) is 18.7 Å². The van der Waals surface area contributed by atoms with E-state index in [0.29, 0.717) is 18.9 Å². The van der Waals surface area contributed by atoms with Crippen molar-refractivity contribution < 1.29 is 31.9 Å². The maximum Gasteiger partial charge on any atom is 0.417 e. The molecule has 1 aliphatic rings. The lowest BCUT2D eigenvalue weighted by Crippen LogP contribution is -2.21. The standard InChI is InChI=1S/C23H18F4N2O3/c1-11-20(28)15-10-13(21(31)12-5-7-14(30)9-12)6-8-18(15)29(11)22(32)19-16(23(25,26)27)3-2-4-17(19)24/h2-4,6,8,10,12H,5,7,9,28H2,1H3. The minimum absolute atomic E-state index is 0.0156. The van der Waals surface area contributed by atoms with Crippen molar-refractivity contribution in [2.75, 3.05) is 5.73 Å². The largest absolute Gasteiger partial charge is 0.417 e. The lowest BCUT2D eigenvalue weighted by atomic mass is 9.95. The van der Waals surface area contributed by atoms with Gasteiger partial charge in [-0.2, -0.15) is 13.2 Å². The van der Waals surface area contributed by atoms with Crippen LogP contribution in [-0.4, -0.2) is 22.0 Å². The van der Waals surface area contributed by atoms with Crippen molar-refractivity contribution in [3.05, 3.63) is 64.6 Å². The van der Waals surface area contributed by atoms with E-state index in [9.17, 15) is 31.9 Å². The molecule has 1 atom stereocenters. The number of carbonyl (C=O) groups excluding carboxylic acids is 3. The number of rotatable bonds is 3. The summed E-state index contributed by atoms with van der Waals surface area (Å²) in [5.74, 6) is -3.17. The SMILES string of the molecule is Cc1c(N)c2cc(C(=O)C3CCC(=O)C3)ccc2n1C(=O)c1c(F)cccc1C(F)(F)F. The van der Waals surface area contributed by atoms with Crippen LogP contribution in [0.25, 0.3) is 10.9 Å². The van der Waals surface area contributed by atoms with Gasteiger partial charge in [0.2, 0.25) is 0 Å². The number of alkyl halides is 3. The van der Waals surface area contributed by atoms with Crippen LogP contribution in [0.1, 0.15) is 51.2 Å². The summed E-state index contributed by atoms with van der Waals surface area (Å²) in [6.07, 6.45) is -3.97. The molecule has 166 valence electrons. The molecule has 0 amide bonds. The second-order valence-corrected chi connectivity index (χ2v) is 7.87. The first kappa shape index (κ1) is 21.7. The Morgan fingerprint density at radius 1 is 1.16 bits per heavy atom. The number of ketones is 2. The highest BCUT2D eigenvalue weighted by molar-refractivity contribution is 6.10. The molecule has 1 unspecified atom stereocenters. The van der Waals surface area contributed by atoms with E-state index in [0.717, 1.165) is 16.7 Å². The number of anilines is 1. The molecule has 9 heteroatoms. The zero-order chi connectivity index (χ0) is 23.4. The topological polar surface area (TPSA) is 82.2 Å². The summed E-state index contributed by atoms with van der Waals surface area (Å²) in [5, 5.41) is 0.288. The first-order valence-corrected chi connectivity index (χ1v) is 9.87. The molecule has 0 aliphatic heterocycles. The Hall–Kier alpha value is -3.49. The van der Waals surface area contributed by atoms with Gasteiger partial charge in [-0.3, -0.25) is 19.0 Å². The number of Topliss-reactive ketones (excluding diaryl/α,β-unsaturated/α-hetero) is 2. The molecule has 1 heterocycles. The van der Waals surface area contributed by atoms with Crippen LogP contribution in [0.5, 0.6) is 0 Å². The van der Waals surface area contributed by atoms with Crippen molar-refractivity contribution in [3.8, 4) is 0 Å². The van der Waals surface area contributed by atoms with Crippen LogP contribution in [0.3, 0.4) is 0 Å². The zero-order valence-corrected chi connectivity index (χ0v) is 16.9. The van der Waals surface area contributed by atoms with Crippen molar-refractivity contribution in [2.24, 2.45) is 5.92 Å². The fraction of sp³-hybridized carbons (Fsp3) is 0.261. The van der Waals surface area contributed by atoms with Crippen molar-refractivity contribution in [3.63, 3.8) is 0 Å². The number of hydrogen-bond donors (Lipinski definition) is 1. The number of halogens is 4. The molecular formula is C23H18F4N2O3. The van der Waals surface area contributed by atoms with E-state index >= 15 is 0 Å². The molecule has 1 aliphatic carbocycles. The Bertz CT molecular complexity index is 1290. The molecule has 2 aromatic carbocycles. The predicted octanol–water partition coefficient (Wildman–Crippen LogP) is 4.93. The second-order valence-electron chi connectivity index (χ2n) is 7.87. The minimum atomic E-state index is -4.94. The van der Waals surface area contributed by atoms with E-state index in [1.807, 2.05) is 0 Å². The Labute approximate surface area is 179 Å². The monoisotopic (exact) mass is 446 g/mol. The first-order chi connectivity index (χ1) is 15.0. The molecular weight excluding hydrogens is 428 g/mol. The Kier molecular flexibility index (Phi) is 5.15. The van der Waals surface area contributed by atoms with Gasteiger partial charge in [0, 0.05) is 35.4 Å². The number of carbonyl (C=O) groups is 3. The lowest BCUT2D eigenvalue weighted by molar-refractivity contribution is -0.138. The maximum atomic E-state index is 14.4. The van der Waals surface area contributed by atoms with E-state index in [1.54, 1.807) is 0 Å². The van der Waals surface area contributed by atoms with Crippen LogP contribution in [0.4, 0.5) is 23.2 Å². The van der Waals surface area contributed by atoms with Gasteiger partial charge in [0.1, 0.15) is 11.6 Å². The highest BCUT2D eigenvalue weighted by Gasteiger charge is 2.38. The quantitative estimate of drug-likeness (QED) is 0.457. The van der Waals surface area contributed by atoms with Crippen LogP contribution < -0.4 is 5.73 Å². The number of nitrogens with zero attached hydrogens (tertiary/aromatic N) is 1. The third-order valence-corrected chi connectivity index (χ3v) is 5.89. The molecule has 1 fully saturated rings. The number of nitrogen functional groups attached to an aromatic ring is 1. The van der Waals surface area contributed by atoms with Crippen molar-refractivity contribution in [1.29, 1.82) is 0 Å². The van der Waals surface area contributed by atoms with E-state index in [-0.39, 0.29) is 45.8 Å². The fourth-order valence-corrected chi connectivity index (χ4v) is 4.22. The van der Waals surface area contributed by atoms with E-state index in [4.69, 9.17) is 5.73 Å². The van der Waals surface area contributed by atoms with Crippen LogP contribution in [-0.2, 0) is 11.0 Å². The summed E-state index contributed by atoms with van der Waals surface area (Å²) in [6, 6.07) is 6.60. The molecule has 2 N–H and O–H groups in total. The summed E-state index contributed by atoms with van der Waals surface area (Å²) in [4.78, 5) is 37.4. The average Bonchev–Trinajstić information content (AvgIpc) is 3.27. The molecule has 0 radical (unpaired) electrons. The van der Waals surface area contributed by atoms with Gasteiger partial charge in [0.15, 0.2) is 5.78 Å². The third kappa shape index (κ3) is 3.47. The molecule has 1 saturated carbocycles. The van der Waals surface area contributed by atoms with Gasteiger partial charge in [-0.05, 0) is 43.7 Å². The summed E-state index contributed by atoms with van der Waals surface area (Å²) >= 11 is 0. The summed E-state index contributed by atoms with van der Waals surface area (Å²) < 4.78 is 55.6. The summed E-state index contributed by atoms with van der Waals surface area (Å²) in [5.41, 5.74) is 4.27. The zero-order valence-electron chi connectivity index (χ0n) is 16.9. The van der Waals surface area contributed by atoms with E-state index < -0.39 is 34.9 Å². The van der Waals surface area contributed by atoms with Crippen molar-refractivity contribution >= 4 is 34.1 Å². The molecule has 0 saturated heterocycles. The average molecular weight is 446 g/mol. The number of aromatic nitrogens is 1. The third-order valence-electron chi connectivity index (χ3n) is 5.89. The van der Waals surface area contributed by atoms with Crippen LogP contribution >= 0.6 is 0 Å². The molecule has 0 spiro atoms. The molecule has 0 bridgehead atoms. The highest BCUT2D eigenvalue weighted by atomic mass is 19.4. The van der Waals surface area contributed by atoms with Gasteiger partial charge >= 0.3 is 6.18 Å². The number of benzene rings is 2. The number of fused-ring (bicyclic) bond motifs is 1. The summed E-state index contributed by atoms with van der Waals surface area (Å²) in [7, 11) is 0. The molecule has 5 nitrogen and oxygen atoms in total.